The van der Waals surface area contributed by atoms with E-state index < -0.39 is 0 Å². The lowest BCUT2D eigenvalue weighted by Crippen LogP contribution is -2.19. The van der Waals surface area contributed by atoms with E-state index in [9.17, 15) is 0 Å². The van der Waals surface area contributed by atoms with Crippen LogP contribution in [0.3, 0.4) is 0 Å². The average molecular weight is 253 g/mol. The molecule has 0 spiro atoms. The molecular weight excluding hydrogens is 234 g/mol. The van der Waals surface area contributed by atoms with Gasteiger partial charge in [0, 0.05) is 11.9 Å². The summed E-state index contributed by atoms with van der Waals surface area (Å²) in [5, 5.41) is 4.71. The second-order valence-corrected chi connectivity index (χ2v) is 5.96. The second-order valence-electron chi connectivity index (χ2n) is 5.96. The molecule has 0 bridgehead atoms. The minimum absolute atomic E-state index is 0.869. The number of anilines is 1. The fourth-order valence-electron chi connectivity index (χ4n) is 3.13. The highest BCUT2D eigenvalue weighted by Gasteiger charge is 2.41. The molecule has 0 atom stereocenters. The largest absolute Gasteiger partial charge is 0.369 e. The minimum Gasteiger partial charge on any atom is -0.369 e. The van der Waals surface area contributed by atoms with Gasteiger partial charge in [-0.2, -0.15) is 0 Å². The first-order valence-corrected chi connectivity index (χ1v) is 7.35. The number of para-hydroxylation sites is 1. The second kappa shape index (κ2) is 4.48. The van der Waals surface area contributed by atoms with Crippen LogP contribution in [0.25, 0.3) is 10.9 Å². The zero-order chi connectivity index (χ0) is 12.7. The monoisotopic (exact) mass is 253 g/mol. The van der Waals surface area contributed by atoms with Crippen molar-refractivity contribution in [2.45, 2.75) is 25.7 Å². The van der Waals surface area contributed by atoms with Crippen LogP contribution in [-0.4, -0.2) is 16.5 Å². The zero-order valence-corrected chi connectivity index (χ0v) is 11.0. The fraction of sp³-hybridized carbons (Fsp3) is 0.500. The summed E-state index contributed by atoms with van der Waals surface area (Å²) < 4.78 is 0. The van der Waals surface area contributed by atoms with E-state index in [4.69, 9.17) is 0 Å². The van der Waals surface area contributed by atoms with Gasteiger partial charge >= 0.3 is 0 Å². The minimum atomic E-state index is 0.869. The molecule has 0 saturated heterocycles. The Labute approximate surface area is 113 Å². The molecule has 0 amide bonds. The van der Waals surface area contributed by atoms with E-state index in [1.165, 1.54) is 25.7 Å². The third kappa shape index (κ3) is 2.29. The first-order chi connectivity index (χ1) is 9.42. The Balaban J connectivity index is 1.54. The van der Waals surface area contributed by atoms with Crippen LogP contribution in [0.15, 0.2) is 30.6 Å². The molecule has 0 aliphatic heterocycles. The molecule has 1 aromatic carbocycles. The van der Waals surface area contributed by atoms with Crippen molar-refractivity contribution in [3.8, 4) is 0 Å². The molecule has 0 unspecified atom stereocenters. The molecule has 4 rings (SSSR count). The van der Waals surface area contributed by atoms with Crippen LogP contribution >= 0.6 is 0 Å². The highest BCUT2D eigenvalue weighted by molar-refractivity contribution is 5.88. The van der Waals surface area contributed by atoms with Crippen LogP contribution < -0.4 is 5.32 Å². The maximum atomic E-state index is 4.42. The van der Waals surface area contributed by atoms with E-state index in [-0.39, 0.29) is 0 Å². The summed E-state index contributed by atoms with van der Waals surface area (Å²) in [5.41, 5.74) is 1.02. The summed E-state index contributed by atoms with van der Waals surface area (Å²) in [6, 6.07) is 8.22. The van der Waals surface area contributed by atoms with E-state index in [0.717, 1.165) is 41.0 Å². The highest BCUT2D eigenvalue weighted by Crippen LogP contribution is 2.49. The van der Waals surface area contributed by atoms with Crippen LogP contribution in [-0.2, 0) is 0 Å². The maximum absolute atomic E-state index is 4.42. The molecule has 19 heavy (non-hydrogen) atoms. The quantitative estimate of drug-likeness (QED) is 0.886. The van der Waals surface area contributed by atoms with Gasteiger partial charge in [0.15, 0.2) is 0 Å². The number of rotatable bonds is 5. The molecule has 98 valence electrons. The van der Waals surface area contributed by atoms with Crippen LogP contribution in [0.1, 0.15) is 25.7 Å². The summed E-state index contributed by atoms with van der Waals surface area (Å²) in [4.78, 5) is 8.73. The number of nitrogens with one attached hydrogen (secondary N) is 1. The fourth-order valence-corrected chi connectivity index (χ4v) is 3.13. The Morgan fingerprint density at radius 2 is 1.79 bits per heavy atom. The molecule has 2 saturated carbocycles. The van der Waals surface area contributed by atoms with Gasteiger partial charge in [0.25, 0.3) is 0 Å². The van der Waals surface area contributed by atoms with Crippen LogP contribution in [0.4, 0.5) is 5.82 Å². The van der Waals surface area contributed by atoms with Crippen LogP contribution in [0.5, 0.6) is 0 Å². The lowest BCUT2D eigenvalue weighted by molar-refractivity contribution is 0.428. The Hall–Kier alpha value is -1.64. The number of nitrogens with zero attached hydrogens (tertiary/aromatic N) is 2. The van der Waals surface area contributed by atoms with E-state index in [2.05, 4.69) is 27.4 Å². The molecule has 2 aliphatic carbocycles. The molecule has 3 heteroatoms. The Bertz CT molecular complexity index is 570. The molecule has 2 fully saturated rings. The molecule has 2 aliphatic rings. The van der Waals surface area contributed by atoms with E-state index in [1.807, 2.05) is 12.1 Å². The lowest BCUT2D eigenvalue weighted by atomic mass is 9.98. The predicted molar refractivity (Wildman–Crippen MR) is 77.0 cm³/mol. The van der Waals surface area contributed by atoms with Gasteiger partial charge in [0.1, 0.15) is 12.1 Å². The number of fused-ring (bicyclic) bond motifs is 1. The topological polar surface area (TPSA) is 37.8 Å². The van der Waals surface area contributed by atoms with Gasteiger partial charge in [-0.15, -0.1) is 0 Å². The standard InChI is InChI=1S/C16H19N3/c1-2-4-15-13(3-1)16(19-10-18-15)17-9-14(11-5-6-11)12-7-8-12/h1-4,10-12,14H,5-9H2,(H,17,18,19). The maximum Gasteiger partial charge on any atom is 0.137 e. The van der Waals surface area contributed by atoms with Crippen molar-refractivity contribution in [2.24, 2.45) is 17.8 Å². The van der Waals surface area contributed by atoms with Gasteiger partial charge in [-0.3, -0.25) is 0 Å². The number of aromatic nitrogens is 2. The first-order valence-electron chi connectivity index (χ1n) is 7.35. The SMILES string of the molecule is c1ccc2c(NCC(C3CC3)C3CC3)ncnc2c1. The van der Waals surface area contributed by atoms with E-state index >= 15 is 0 Å². The predicted octanol–water partition coefficient (Wildman–Crippen LogP) is 3.48. The number of hydrogen-bond donors (Lipinski definition) is 1. The van der Waals surface area contributed by atoms with Gasteiger partial charge in [-0.25, -0.2) is 9.97 Å². The van der Waals surface area contributed by atoms with E-state index in [1.54, 1.807) is 6.33 Å². The summed E-state index contributed by atoms with van der Waals surface area (Å²) in [7, 11) is 0. The van der Waals surface area contributed by atoms with Crippen LogP contribution in [0, 0.1) is 17.8 Å². The normalized spacial score (nSPS) is 19.0. The summed E-state index contributed by atoms with van der Waals surface area (Å²) in [6.45, 7) is 1.08. The Kier molecular flexibility index (Phi) is 2.64. The molecule has 1 N–H and O–H groups in total. The third-order valence-electron chi connectivity index (χ3n) is 4.50. The van der Waals surface area contributed by atoms with Gasteiger partial charge in [0.05, 0.1) is 5.52 Å². The average Bonchev–Trinajstić information content (AvgIpc) is 3.33. The van der Waals surface area contributed by atoms with Crippen molar-refractivity contribution in [2.75, 3.05) is 11.9 Å². The smallest absolute Gasteiger partial charge is 0.137 e. The summed E-state index contributed by atoms with van der Waals surface area (Å²) in [6.07, 6.45) is 7.41. The zero-order valence-electron chi connectivity index (χ0n) is 11.0. The first kappa shape index (κ1) is 11.2. The van der Waals surface area contributed by atoms with Gasteiger partial charge < -0.3 is 5.32 Å². The van der Waals surface area contributed by atoms with Gasteiger partial charge in [-0.1, -0.05) is 12.1 Å². The summed E-state index contributed by atoms with van der Waals surface area (Å²) in [5.74, 6) is 3.83. The Morgan fingerprint density at radius 3 is 2.53 bits per heavy atom. The molecule has 3 nitrogen and oxygen atoms in total. The summed E-state index contributed by atoms with van der Waals surface area (Å²) >= 11 is 0. The van der Waals surface area contributed by atoms with Crippen molar-refractivity contribution < 1.29 is 0 Å². The van der Waals surface area contributed by atoms with Crippen molar-refractivity contribution in [1.29, 1.82) is 0 Å². The van der Waals surface area contributed by atoms with Crippen molar-refractivity contribution in [3.05, 3.63) is 30.6 Å². The van der Waals surface area contributed by atoms with Crippen molar-refractivity contribution in [1.82, 2.24) is 9.97 Å². The van der Waals surface area contributed by atoms with Crippen molar-refractivity contribution >= 4 is 16.7 Å². The van der Waals surface area contributed by atoms with Gasteiger partial charge in [0.2, 0.25) is 0 Å². The molecular formula is C16H19N3. The Morgan fingerprint density at radius 1 is 1.05 bits per heavy atom. The third-order valence-corrected chi connectivity index (χ3v) is 4.50. The molecule has 2 aromatic rings. The number of benzene rings is 1. The molecule has 1 heterocycles. The highest BCUT2D eigenvalue weighted by atomic mass is 15.0. The molecule has 0 radical (unpaired) electrons. The van der Waals surface area contributed by atoms with E-state index in [0.29, 0.717) is 0 Å². The van der Waals surface area contributed by atoms with Crippen LogP contribution in [0.2, 0.25) is 0 Å². The molecule has 1 aromatic heterocycles. The number of hydrogen-bond acceptors (Lipinski definition) is 3. The van der Waals surface area contributed by atoms with Gasteiger partial charge in [-0.05, 0) is 55.6 Å². The van der Waals surface area contributed by atoms with Crippen molar-refractivity contribution in [3.63, 3.8) is 0 Å². The lowest BCUT2D eigenvalue weighted by Gasteiger charge is -2.17.